The van der Waals surface area contributed by atoms with Crippen LogP contribution in [-0.4, -0.2) is 16.2 Å². The van der Waals surface area contributed by atoms with E-state index in [2.05, 4.69) is 5.16 Å². The van der Waals surface area contributed by atoms with Gasteiger partial charge in [0.05, 0.1) is 17.7 Å². The molecule has 0 atom stereocenters. The molecule has 0 saturated heterocycles. The molecule has 2 aromatic heterocycles. The van der Waals surface area contributed by atoms with Crippen molar-refractivity contribution in [1.29, 1.82) is 0 Å². The molecule has 0 radical (unpaired) electrons. The van der Waals surface area contributed by atoms with Gasteiger partial charge >= 0.3 is 5.97 Å². The van der Waals surface area contributed by atoms with Crippen molar-refractivity contribution < 1.29 is 18.8 Å². The molecule has 0 aliphatic carbocycles. The van der Waals surface area contributed by atoms with Crippen LogP contribution in [0.2, 0.25) is 0 Å². The van der Waals surface area contributed by atoms with E-state index in [4.69, 9.17) is 14.0 Å². The minimum Gasteiger partial charge on any atom is -0.481 e. The topological polar surface area (TPSA) is 76.5 Å². The lowest BCUT2D eigenvalue weighted by molar-refractivity contribution is -0.136. The molecule has 0 amide bonds. The summed E-state index contributed by atoms with van der Waals surface area (Å²) in [6, 6.07) is 7.26. The highest BCUT2D eigenvalue weighted by Crippen LogP contribution is 2.32. The van der Waals surface area contributed by atoms with Crippen LogP contribution >= 0.6 is 0 Å². The van der Waals surface area contributed by atoms with E-state index >= 15 is 0 Å². The van der Waals surface area contributed by atoms with Gasteiger partial charge in [0, 0.05) is 5.39 Å². The second kappa shape index (κ2) is 4.52. The number of aromatic nitrogens is 1. The van der Waals surface area contributed by atoms with E-state index in [-0.39, 0.29) is 6.42 Å². The number of carboxylic acids is 1. The van der Waals surface area contributed by atoms with Crippen LogP contribution in [0.4, 0.5) is 0 Å². The minimum atomic E-state index is -0.848. The fraction of sp³-hybridized carbons (Fsp3) is 0.200. The summed E-state index contributed by atoms with van der Waals surface area (Å²) < 4.78 is 10.9. The molecule has 20 heavy (non-hydrogen) atoms. The average molecular weight is 271 g/mol. The molecule has 0 aliphatic rings. The number of aryl methyl sites for hydroxylation is 2. The Balaban J connectivity index is 2.09. The fourth-order valence-electron chi connectivity index (χ4n) is 2.34. The first-order chi connectivity index (χ1) is 9.54. The van der Waals surface area contributed by atoms with E-state index in [1.54, 1.807) is 12.1 Å². The molecular weight excluding hydrogens is 258 g/mol. The predicted octanol–water partition coefficient (Wildman–Crippen LogP) is 3.33. The van der Waals surface area contributed by atoms with Gasteiger partial charge in [-0.3, -0.25) is 4.79 Å². The van der Waals surface area contributed by atoms with Gasteiger partial charge in [0.2, 0.25) is 0 Å². The number of furan rings is 1. The predicted molar refractivity (Wildman–Crippen MR) is 72.5 cm³/mol. The summed E-state index contributed by atoms with van der Waals surface area (Å²) in [4.78, 5) is 10.7. The SMILES string of the molecule is Cc1noc(C)c1-c1cc2cc(CC(=O)O)ccc2o1. The Bertz CT molecular complexity index is 778. The summed E-state index contributed by atoms with van der Waals surface area (Å²) in [6.45, 7) is 3.69. The molecule has 0 aliphatic heterocycles. The van der Waals surface area contributed by atoms with Gasteiger partial charge in [0.25, 0.3) is 0 Å². The third kappa shape index (κ3) is 2.07. The summed E-state index contributed by atoms with van der Waals surface area (Å²) in [6.07, 6.45) is 0.00176. The standard InChI is InChI=1S/C15H13NO4/c1-8-15(9(2)20-16-8)13-7-11-5-10(6-14(17)18)3-4-12(11)19-13/h3-5,7H,6H2,1-2H3,(H,17,18). The summed E-state index contributed by atoms with van der Waals surface area (Å²) in [7, 11) is 0. The lowest BCUT2D eigenvalue weighted by atomic mass is 10.1. The van der Waals surface area contributed by atoms with Crippen molar-refractivity contribution in [2.75, 3.05) is 0 Å². The van der Waals surface area contributed by atoms with Gasteiger partial charge in [-0.05, 0) is 37.6 Å². The molecule has 102 valence electrons. The van der Waals surface area contributed by atoms with Crippen molar-refractivity contribution in [2.45, 2.75) is 20.3 Å². The maximum atomic E-state index is 10.7. The Morgan fingerprint density at radius 2 is 2.10 bits per heavy atom. The Hall–Kier alpha value is -2.56. The zero-order valence-corrected chi connectivity index (χ0v) is 11.1. The number of hydrogen-bond acceptors (Lipinski definition) is 4. The number of aliphatic carboxylic acids is 1. The smallest absolute Gasteiger partial charge is 0.307 e. The van der Waals surface area contributed by atoms with E-state index in [1.807, 2.05) is 26.0 Å². The molecule has 5 nitrogen and oxygen atoms in total. The van der Waals surface area contributed by atoms with Crippen molar-refractivity contribution in [2.24, 2.45) is 0 Å². The fourth-order valence-corrected chi connectivity index (χ4v) is 2.34. The van der Waals surface area contributed by atoms with Crippen LogP contribution in [0.1, 0.15) is 17.0 Å². The summed E-state index contributed by atoms with van der Waals surface area (Å²) in [5.41, 5.74) is 3.08. The number of rotatable bonds is 3. The van der Waals surface area contributed by atoms with Crippen molar-refractivity contribution in [3.05, 3.63) is 41.3 Å². The third-order valence-corrected chi connectivity index (χ3v) is 3.22. The Labute approximate surface area is 114 Å². The Morgan fingerprint density at radius 3 is 2.75 bits per heavy atom. The second-order valence-electron chi connectivity index (χ2n) is 4.75. The van der Waals surface area contributed by atoms with Crippen molar-refractivity contribution in [3.8, 4) is 11.3 Å². The number of carbonyl (C=O) groups is 1. The molecule has 0 bridgehead atoms. The monoisotopic (exact) mass is 271 g/mol. The van der Waals surface area contributed by atoms with Gasteiger partial charge in [-0.25, -0.2) is 0 Å². The minimum absolute atomic E-state index is 0.00176. The van der Waals surface area contributed by atoms with Crippen LogP contribution < -0.4 is 0 Å². The van der Waals surface area contributed by atoms with Crippen molar-refractivity contribution in [1.82, 2.24) is 5.16 Å². The highest BCUT2D eigenvalue weighted by atomic mass is 16.5. The van der Waals surface area contributed by atoms with Crippen LogP contribution in [0.25, 0.3) is 22.3 Å². The number of fused-ring (bicyclic) bond motifs is 1. The van der Waals surface area contributed by atoms with Gasteiger partial charge in [0.15, 0.2) is 0 Å². The first kappa shape index (κ1) is 12.5. The average Bonchev–Trinajstić information content (AvgIpc) is 2.91. The van der Waals surface area contributed by atoms with E-state index in [0.29, 0.717) is 17.1 Å². The molecule has 1 aromatic carbocycles. The second-order valence-corrected chi connectivity index (χ2v) is 4.75. The number of carboxylic acid groups (broad SMARTS) is 1. The summed E-state index contributed by atoms with van der Waals surface area (Å²) >= 11 is 0. The van der Waals surface area contributed by atoms with Crippen LogP contribution in [0.3, 0.4) is 0 Å². The normalized spacial score (nSPS) is 11.1. The molecule has 0 spiro atoms. The summed E-state index contributed by atoms with van der Waals surface area (Å²) in [5, 5.41) is 13.6. The summed E-state index contributed by atoms with van der Waals surface area (Å²) in [5.74, 6) is 0.537. The number of benzene rings is 1. The van der Waals surface area contributed by atoms with Crippen molar-refractivity contribution in [3.63, 3.8) is 0 Å². The van der Waals surface area contributed by atoms with Gasteiger partial charge in [-0.2, -0.15) is 0 Å². The molecule has 0 fully saturated rings. The third-order valence-electron chi connectivity index (χ3n) is 3.22. The zero-order valence-electron chi connectivity index (χ0n) is 11.1. The lowest BCUT2D eigenvalue weighted by Gasteiger charge is -1.95. The quantitative estimate of drug-likeness (QED) is 0.790. The molecule has 0 saturated carbocycles. The zero-order chi connectivity index (χ0) is 14.3. The van der Waals surface area contributed by atoms with Crippen molar-refractivity contribution >= 4 is 16.9 Å². The van der Waals surface area contributed by atoms with E-state index in [1.165, 1.54) is 0 Å². The highest BCUT2D eigenvalue weighted by molar-refractivity contribution is 5.85. The largest absolute Gasteiger partial charge is 0.481 e. The van der Waals surface area contributed by atoms with Crippen LogP contribution in [0.15, 0.2) is 33.2 Å². The Morgan fingerprint density at radius 1 is 1.30 bits per heavy atom. The first-order valence-corrected chi connectivity index (χ1v) is 6.22. The van der Waals surface area contributed by atoms with E-state index in [0.717, 1.165) is 22.2 Å². The molecule has 3 rings (SSSR count). The highest BCUT2D eigenvalue weighted by Gasteiger charge is 2.16. The molecule has 2 heterocycles. The Kier molecular flexibility index (Phi) is 2.82. The van der Waals surface area contributed by atoms with Crippen LogP contribution in [0.5, 0.6) is 0 Å². The molecule has 5 heteroatoms. The first-order valence-electron chi connectivity index (χ1n) is 6.22. The van der Waals surface area contributed by atoms with Crippen LogP contribution in [-0.2, 0) is 11.2 Å². The maximum Gasteiger partial charge on any atom is 0.307 e. The van der Waals surface area contributed by atoms with Crippen LogP contribution in [0, 0.1) is 13.8 Å². The lowest BCUT2D eigenvalue weighted by Crippen LogP contribution is -1.99. The number of nitrogens with zero attached hydrogens (tertiary/aromatic N) is 1. The van der Waals surface area contributed by atoms with Gasteiger partial charge in [-0.1, -0.05) is 11.2 Å². The molecular formula is C15H13NO4. The molecule has 3 aromatic rings. The molecule has 1 N–H and O–H groups in total. The van der Waals surface area contributed by atoms with E-state index in [9.17, 15) is 4.79 Å². The molecule has 0 unspecified atom stereocenters. The van der Waals surface area contributed by atoms with Gasteiger partial charge in [-0.15, -0.1) is 0 Å². The van der Waals surface area contributed by atoms with Gasteiger partial charge in [0.1, 0.15) is 17.1 Å². The van der Waals surface area contributed by atoms with E-state index < -0.39 is 5.97 Å². The number of hydrogen-bond donors (Lipinski definition) is 1. The van der Waals surface area contributed by atoms with Gasteiger partial charge < -0.3 is 14.0 Å². The maximum absolute atomic E-state index is 10.7.